The lowest BCUT2D eigenvalue weighted by Crippen LogP contribution is -2.23. The molecule has 0 amide bonds. The van der Waals surface area contributed by atoms with Crippen LogP contribution in [0.1, 0.15) is 31.1 Å². The van der Waals surface area contributed by atoms with Crippen molar-refractivity contribution in [1.82, 2.24) is 0 Å². The molecule has 0 aliphatic rings. The number of nitrogens with zero attached hydrogens (tertiary/aromatic N) is 1. The number of non-ortho nitro benzene ring substituents is 1. The fourth-order valence-corrected chi connectivity index (χ4v) is 1.06. The zero-order valence-corrected chi connectivity index (χ0v) is 9.39. The number of rotatable bonds is 2. The maximum absolute atomic E-state index is 11.5. The molecule has 0 aromatic heterocycles. The van der Waals surface area contributed by atoms with Crippen LogP contribution in [-0.4, -0.2) is 16.5 Å². The zero-order chi connectivity index (χ0) is 12.3. The van der Waals surface area contributed by atoms with Crippen molar-refractivity contribution in [3.63, 3.8) is 0 Å². The van der Waals surface area contributed by atoms with Crippen molar-refractivity contribution >= 4 is 11.7 Å². The lowest BCUT2D eigenvalue weighted by molar-refractivity contribution is -0.384. The van der Waals surface area contributed by atoms with Crippen LogP contribution in [0.4, 0.5) is 5.69 Å². The highest BCUT2D eigenvalue weighted by atomic mass is 16.6. The third-order valence-electron chi connectivity index (χ3n) is 1.71. The molecule has 1 aromatic rings. The predicted molar refractivity (Wildman–Crippen MR) is 58.3 cm³/mol. The van der Waals surface area contributed by atoms with Crippen LogP contribution in [0.25, 0.3) is 0 Å². The average Bonchev–Trinajstić information content (AvgIpc) is 2.15. The van der Waals surface area contributed by atoms with Crippen LogP contribution >= 0.6 is 0 Å². The SMILES string of the molecule is CC(C)(C)OC(=O)c1ccc([N+](=O)[O-])cc1. The highest BCUT2D eigenvalue weighted by molar-refractivity contribution is 5.89. The second-order valence-electron chi connectivity index (χ2n) is 4.31. The molecule has 1 rings (SSSR count). The van der Waals surface area contributed by atoms with Gasteiger partial charge in [-0.25, -0.2) is 4.79 Å². The molecule has 0 N–H and O–H groups in total. The van der Waals surface area contributed by atoms with Gasteiger partial charge in [-0.1, -0.05) is 0 Å². The summed E-state index contributed by atoms with van der Waals surface area (Å²) in [6, 6.07) is 5.32. The molecule has 0 radical (unpaired) electrons. The van der Waals surface area contributed by atoms with Gasteiger partial charge in [0.15, 0.2) is 0 Å². The Labute approximate surface area is 93.2 Å². The molecule has 0 bridgehead atoms. The molecular weight excluding hydrogens is 210 g/mol. The molecule has 0 unspecified atom stereocenters. The van der Waals surface area contributed by atoms with Crippen molar-refractivity contribution in [2.45, 2.75) is 26.4 Å². The number of hydrogen-bond acceptors (Lipinski definition) is 4. The maximum atomic E-state index is 11.5. The fourth-order valence-electron chi connectivity index (χ4n) is 1.06. The van der Waals surface area contributed by atoms with Gasteiger partial charge in [-0.15, -0.1) is 0 Å². The van der Waals surface area contributed by atoms with E-state index >= 15 is 0 Å². The lowest BCUT2D eigenvalue weighted by Gasteiger charge is -2.19. The van der Waals surface area contributed by atoms with Crippen LogP contribution in [0.15, 0.2) is 24.3 Å². The van der Waals surface area contributed by atoms with Crippen LogP contribution in [0.5, 0.6) is 0 Å². The second-order valence-corrected chi connectivity index (χ2v) is 4.31. The van der Waals surface area contributed by atoms with Crippen LogP contribution in [0.2, 0.25) is 0 Å². The van der Waals surface area contributed by atoms with Crippen LogP contribution in [0, 0.1) is 10.1 Å². The van der Waals surface area contributed by atoms with Gasteiger partial charge >= 0.3 is 5.97 Å². The van der Waals surface area contributed by atoms with Crippen molar-refractivity contribution in [3.8, 4) is 0 Å². The van der Waals surface area contributed by atoms with E-state index in [9.17, 15) is 14.9 Å². The summed E-state index contributed by atoms with van der Waals surface area (Å²) in [6.07, 6.45) is 0. The second kappa shape index (κ2) is 4.30. The van der Waals surface area contributed by atoms with Gasteiger partial charge < -0.3 is 4.74 Å². The molecule has 0 aliphatic carbocycles. The van der Waals surface area contributed by atoms with E-state index < -0.39 is 16.5 Å². The Balaban J connectivity index is 2.82. The monoisotopic (exact) mass is 223 g/mol. The Bertz CT molecular complexity index is 403. The first-order valence-corrected chi connectivity index (χ1v) is 4.77. The normalized spacial score (nSPS) is 10.9. The van der Waals surface area contributed by atoms with Gasteiger partial charge in [0.25, 0.3) is 5.69 Å². The Hall–Kier alpha value is -1.91. The van der Waals surface area contributed by atoms with Gasteiger partial charge in [0.2, 0.25) is 0 Å². The number of nitro groups is 1. The van der Waals surface area contributed by atoms with Crippen molar-refractivity contribution < 1.29 is 14.5 Å². The number of carbonyl (C=O) groups is 1. The molecule has 86 valence electrons. The largest absolute Gasteiger partial charge is 0.456 e. The van der Waals surface area contributed by atoms with Crippen LogP contribution < -0.4 is 0 Å². The third kappa shape index (κ3) is 3.34. The Morgan fingerprint density at radius 1 is 1.25 bits per heavy atom. The first kappa shape index (κ1) is 12.2. The number of esters is 1. The topological polar surface area (TPSA) is 69.4 Å². The smallest absolute Gasteiger partial charge is 0.338 e. The van der Waals surface area contributed by atoms with Gasteiger partial charge in [-0.3, -0.25) is 10.1 Å². The van der Waals surface area contributed by atoms with E-state index in [0.29, 0.717) is 5.56 Å². The number of hydrogen-bond donors (Lipinski definition) is 0. The van der Waals surface area contributed by atoms with E-state index in [1.54, 1.807) is 20.8 Å². The molecule has 0 aliphatic heterocycles. The Morgan fingerprint density at radius 3 is 2.12 bits per heavy atom. The molecule has 16 heavy (non-hydrogen) atoms. The zero-order valence-electron chi connectivity index (χ0n) is 9.39. The quantitative estimate of drug-likeness (QED) is 0.439. The molecule has 0 spiro atoms. The molecule has 0 atom stereocenters. The molecule has 5 nitrogen and oxygen atoms in total. The minimum absolute atomic E-state index is 0.0488. The van der Waals surface area contributed by atoms with Crippen molar-refractivity contribution in [2.24, 2.45) is 0 Å². The molecule has 0 saturated heterocycles. The lowest BCUT2D eigenvalue weighted by atomic mass is 10.1. The molecule has 0 heterocycles. The summed E-state index contributed by atoms with van der Waals surface area (Å²) in [6.45, 7) is 5.28. The van der Waals surface area contributed by atoms with Crippen molar-refractivity contribution in [3.05, 3.63) is 39.9 Å². The molecule has 1 aromatic carbocycles. The standard InChI is InChI=1S/C11H13NO4/c1-11(2,3)16-10(13)8-4-6-9(7-5-8)12(14)15/h4-7H,1-3H3. The number of nitro benzene ring substituents is 1. The Morgan fingerprint density at radius 2 is 1.75 bits per heavy atom. The van der Waals surface area contributed by atoms with E-state index in [1.165, 1.54) is 24.3 Å². The van der Waals surface area contributed by atoms with Crippen molar-refractivity contribution in [1.29, 1.82) is 0 Å². The summed E-state index contributed by atoms with van der Waals surface area (Å²) in [5, 5.41) is 10.4. The number of benzene rings is 1. The van der Waals surface area contributed by atoms with Gasteiger partial charge in [0.1, 0.15) is 5.60 Å². The van der Waals surface area contributed by atoms with Crippen molar-refractivity contribution in [2.75, 3.05) is 0 Å². The summed E-state index contributed by atoms with van der Waals surface area (Å²) in [5.41, 5.74) is -0.313. The van der Waals surface area contributed by atoms with E-state index in [-0.39, 0.29) is 5.69 Å². The van der Waals surface area contributed by atoms with Crippen LogP contribution in [0.3, 0.4) is 0 Å². The minimum atomic E-state index is -0.571. The van der Waals surface area contributed by atoms with E-state index in [2.05, 4.69) is 0 Å². The fraction of sp³-hybridized carbons (Fsp3) is 0.364. The Kier molecular flexibility index (Phi) is 3.27. The molecular formula is C11H13NO4. The number of ether oxygens (including phenoxy) is 1. The van der Waals surface area contributed by atoms with E-state index in [4.69, 9.17) is 4.74 Å². The van der Waals surface area contributed by atoms with Gasteiger partial charge in [-0.2, -0.15) is 0 Å². The third-order valence-corrected chi connectivity index (χ3v) is 1.71. The average molecular weight is 223 g/mol. The highest BCUT2D eigenvalue weighted by Gasteiger charge is 2.18. The first-order valence-electron chi connectivity index (χ1n) is 4.77. The summed E-state index contributed by atoms with van der Waals surface area (Å²) in [5.74, 6) is -0.484. The summed E-state index contributed by atoms with van der Waals surface area (Å²) in [7, 11) is 0. The van der Waals surface area contributed by atoms with Gasteiger partial charge in [0.05, 0.1) is 10.5 Å². The van der Waals surface area contributed by atoms with Gasteiger partial charge in [-0.05, 0) is 32.9 Å². The summed E-state index contributed by atoms with van der Waals surface area (Å²) < 4.78 is 5.12. The maximum Gasteiger partial charge on any atom is 0.338 e. The first-order chi connectivity index (χ1) is 7.29. The van der Waals surface area contributed by atoms with Crippen LogP contribution in [-0.2, 0) is 4.74 Å². The van der Waals surface area contributed by atoms with E-state index in [0.717, 1.165) is 0 Å². The molecule has 0 fully saturated rings. The minimum Gasteiger partial charge on any atom is -0.456 e. The summed E-state index contributed by atoms with van der Waals surface area (Å²) >= 11 is 0. The highest BCUT2D eigenvalue weighted by Crippen LogP contribution is 2.15. The predicted octanol–water partition coefficient (Wildman–Crippen LogP) is 2.55. The number of carbonyl (C=O) groups excluding carboxylic acids is 1. The van der Waals surface area contributed by atoms with E-state index in [1.807, 2.05) is 0 Å². The molecule has 5 heteroatoms. The summed E-state index contributed by atoms with van der Waals surface area (Å²) in [4.78, 5) is 21.4. The molecule has 0 saturated carbocycles. The van der Waals surface area contributed by atoms with Gasteiger partial charge in [0, 0.05) is 12.1 Å².